The molecule has 0 aromatic carbocycles. The van der Waals surface area contributed by atoms with Gasteiger partial charge in [0.15, 0.2) is 0 Å². The fourth-order valence-electron chi connectivity index (χ4n) is 2.24. The van der Waals surface area contributed by atoms with E-state index in [0.717, 1.165) is 25.4 Å². The minimum absolute atomic E-state index is 0.0586. The molecular weight excluding hydrogens is 200 g/mol. The van der Waals surface area contributed by atoms with Gasteiger partial charge in [-0.3, -0.25) is 0 Å². The summed E-state index contributed by atoms with van der Waals surface area (Å²) in [4.78, 5) is 2.51. The molecule has 1 aliphatic rings. The van der Waals surface area contributed by atoms with E-state index in [1.165, 1.54) is 26.1 Å². The highest BCUT2D eigenvalue weighted by atomic mass is 16.3. The van der Waals surface area contributed by atoms with E-state index in [1.54, 1.807) is 0 Å². The minimum atomic E-state index is 0.0586. The summed E-state index contributed by atoms with van der Waals surface area (Å²) in [6.07, 6.45) is 2.35. The van der Waals surface area contributed by atoms with Crippen molar-refractivity contribution in [3.8, 4) is 0 Å². The van der Waals surface area contributed by atoms with Crippen molar-refractivity contribution in [2.45, 2.75) is 33.6 Å². The van der Waals surface area contributed by atoms with E-state index in [0.29, 0.717) is 0 Å². The zero-order chi connectivity index (χ0) is 12.0. The molecule has 0 aromatic rings. The van der Waals surface area contributed by atoms with Crippen LogP contribution >= 0.6 is 0 Å². The maximum Gasteiger partial charge on any atom is 0.0496 e. The van der Waals surface area contributed by atoms with Gasteiger partial charge in [-0.2, -0.15) is 0 Å². The normalized spacial score (nSPS) is 25.9. The van der Waals surface area contributed by atoms with E-state index in [-0.39, 0.29) is 12.0 Å². The van der Waals surface area contributed by atoms with Crippen LogP contribution in [0.25, 0.3) is 0 Å². The summed E-state index contributed by atoms with van der Waals surface area (Å²) in [5.74, 6) is 0.805. The molecule has 2 atom stereocenters. The monoisotopic (exact) mass is 228 g/mol. The number of rotatable bonds is 7. The van der Waals surface area contributed by atoms with Crippen molar-refractivity contribution in [2.24, 2.45) is 11.3 Å². The van der Waals surface area contributed by atoms with Crippen LogP contribution in [0.4, 0.5) is 0 Å². The highest BCUT2D eigenvalue weighted by Crippen LogP contribution is 2.19. The van der Waals surface area contributed by atoms with Gasteiger partial charge in [-0.15, -0.1) is 0 Å². The average Bonchev–Trinajstić information content (AvgIpc) is 2.77. The number of nitrogens with one attached hydrogen (secondary N) is 1. The molecule has 3 nitrogen and oxygen atoms in total. The number of aliphatic hydroxyl groups is 1. The van der Waals surface area contributed by atoms with Crippen molar-refractivity contribution in [1.29, 1.82) is 0 Å². The van der Waals surface area contributed by atoms with E-state index < -0.39 is 0 Å². The van der Waals surface area contributed by atoms with Gasteiger partial charge < -0.3 is 15.3 Å². The van der Waals surface area contributed by atoms with Crippen LogP contribution in [0.5, 0.6) is 0 Å². The van der Waals surface area contributed by atoms with Gasteiger partial charge in [0.05, 0.1) is 0 Å². The Bertz CT molecular complexity index is 192. The average molecular weight is 228 g/mol. The molecule has 0 saturated carbocycles. The van der Waals surface area contributed by atoms with Crippen molar-refractivity contribution in [3.05, 3.63) is 0 Å². The lowest BCUT2D eigenvalue weighted by molar-refractivity contribution is 0.134. The Hall–Kier alpha value is -0.120. The van der Waals surface area contributed by atoms with Gasteiger partial charge in [-0.25, -0.2) is 0 Å². The highest BCUT2D eigenvalue weighted by molar-refractivity contribution is 4.79. The molecular formula is C13H28N2O. The molecule has 16 heavy (non-hydrogen) atoms. The Labute approximate surface area is 100 Å². The molecule has 0 spiro atoms. The highest BCUT2D eigenvalue weighted by Gasteiger charge is 2.23. The zero-order valence-corrected chi connectivity index (χ0v) is 11.1. The largest absolute Gasteiger partial charge is 0.396 e. The Balaban J connectivity index is 2.16. The van der Waals surface area contributed by atoms with E-state index in [2.05, 4.69) is 31.0 Å². The Kier molecular flexibility index (Phi) is 5.73. The lowest BCUT2D eigenvalue weighted by Gasteiger charge is -2.26. The first-order chi connectivity index (χ1) is 7.63. The van der Waals surface area contributed by atoms with Crippen LogP contribution in [0.3, 0.4) is 0 Å². The van der Waals surface area contributed by atoms with Gasteiger partial charge in [-0.1, -0.05) is 20.8 Å². The summed E-state index contributed by atoms with van der Waals surface area (Å²) in [5.41, 5.74) is 0.0586. The summed E-state index contributed by atoms with van der Waals surface area (Å²) in [6, 6.07) is 0. The second-order valence-electron chi connectivity index (χ2n) is 5.50. The molecule has 96 valence electrons. The van der Waals surface area contributed by atoms with Crippen molar-refractivity contribution in [3.63, 3.8) is 0 Å². The van der Waals surface area contributed by atoms with Crippen LogP contribution < -0.4 is 5.32 Å². The lowest BCUT2D eigenvalue weighted by Crippen LogP contribution is -2.37. The van der Waals surface area contributed by atoms with E-state index in [1.807, 2.05) is 0 Å². The Morgan fingerprint density at radius 3 is 2.69 bits per heavy atom. The van der Waals surface area contributed by atoms with Crippen molar-refractivity contribution < 1.29 is 5.11 Å². The van der Waals surface area contributed by atoms with Crippen LogP contribution in [0.15, 0.2) is 0 Å². The van der Waals surface area contributed by atoms with Crippen LogP contribution in [-0.4, -0.2) is 49.3 Å². The molecule has 1 fully saturated rings. The second kappa shape index (κ2) is 6.58. The third kappa shape index (κ3) is 4.04. The molecule has 0 aromatic heterocycles. The lowest BCUT2D eigenvalue weighted by atomic mass is 9.88. The third-order valence-electron chi connectivity index (χ3n) is 4.04. The number of aliphatic hydroxyl groups excluding tert-OH is 1. The molecule has 0 bridgehead atoms. The van der Waals surface area contributed by atoms with Crippen LogP contribution in [0.2, 0.25) is 0 Å². The summed E-state index contributed by atoms with van der Waals surface area (Å²) in [6.45, 7) is 12.5. The molecule has 1 saturated heterocycles. The molecule has 0 amide bonds. The van der Waals surface area contributed by atoms with Gasteiger partial charge in [-0.05, 0) is 38.4 Å². The van der Waals surface area contributed by atoms with Crippen LogP contribution in [0.1, 0.15) is 33.6 Å². The fraction of sp³-hybridized carbons (Fsp3) is 1.00. The predicted molar refractivity (Wildman–Crippen MR) is 68.6 cm³/mol. The summed E-state index contributed by atoms with van der Waals surface area (Å²) >= 11 is 0. The number of nitrogens with zero attached hydrogens (tertiary/aromatic N) is 1. The van der Waals surface area contributed by atoms with Crippen molar-refractivity contribution >= 4 is 0 Å². The van der Waals surface area contributed by atoms with Gasteiger partial charge in [0.1, 0.15) is 0 Å². The third-order valence-corrected chi connectivity index (χ3v) is 4.04. The molecule has 1 heterocycles. The number of likely N-dealkylation sites (tertiary alicyclic amines) is 1. The standard InChI is InChI=1S/C13H28N2O/c1-4-13(3,11-16)10-14-8-12-6-7-15(5-2)9-12/h12,14,16H,4-11H2,1-3H3. The summed E-state index contributed by atoms with van der Waals surface area (Å²) in [5, 5.41) is 12.8. The molecule has 0 radical (unpaired) electrons. The molecule has 1 aliphatic heterocycles. The fourth-order valence-corrected chi connectivity index (χ4v) is 2.24. The smallest absolute Gasteiger partial charge is 0.0496 e. The maximum absolute atomic E-state index is 9.31. The first-order valence-corrected chi connectivity index (χ1v) is 6.67. The van der Waals surface area contributed by atoms with Gasteiger partial charge in [0.2, 0.25) is 0 Å². The van der Waals surface area contributed by atoms with Gasteiger partial charge >= 0.3 is 0 Å². The topological polar surface area (TPSA) is 35.5 Å². The van der Waals surface area contributed by atoms with Gasteiger partial charge in [0.25, 0.3) is 0 Å². The van der Waals surface area contributed by atoms with E-state index >= 15 is 0 Å². The van der Waals surface area contributed by atoms with Crippen molar-refractivity contribution in [2.75, 3.05) is 39.3 Å². The minimum Gasteiger partial charge on any atom is -0.396 e. The first-order valence-electron chi connectivity index (χ1n) is 6.67. The number of hydrogen-bond donors (Lipinski definition) is 2. The molecule has 1 rings (SSSR count). The quantitative estimate of drug-likeness (QED) is 0.690. The Morgan fingerprint density at radius 2 is 2.19 bits per heavy atom. The van der Waals surface area contributed by atoms with E-state index in [9.17, 15) is 5.11 Å². The second-order valence-corrected chi connectivity index (χ2v) is 5.50. The summed E-state index contributed by atoms with van der Waals surface area (Å²) < 4.78 is 0. The molecule has 3 heteroatoms. The maximum atomic E-state index is 9.31. The SMILES string of the molecule is CCN1CCC(CNCC(C)(CC)CO)C1. The van der Waals surface area contributed by atoms with Crippen molar-refractivity contribution in [1.82, 2.24) is 10.2 Å². The van der Waals surface area contributed by atoms with Crippen LogP contribution in [-0.2, 0) is 0 Å². The first kappa shape index (κ1) is 13.9. The zero-order valence-electron chi connectivity index (χ0n) is 11.1. The van der Waals surface area contributed by atoms with E-state index in [4.69, 9.17) is 0 Å². The molecule has 0 aliphatic carbocycles. The number of hydrogen-bond acceptors (Lipinski definition) is 3. The Morgan fingerprint density at radius 1 is 1.44 bits per heavy atom. The van der Waals surface area contributed by atoms with Gasteiger partial charge in [0, 0.05) is 25.1 Å². The molecule has 2 N–H and O–H groups in total. The molecule has 2 unspecified atom stereocenters. The predicted octanol–water partition coefficient (Wildman–Crippen LogP) is 1.33. The van der Waals surface area contributed by atoms with Crippen LogP contribution in [0, 0.1) is 11.3 Å². The summed E-state index contributed by atoms with van der Waals surface area (Å²) in [7, 11) is 0.